The van der Waals surface area contributed by atoms with Gasteiger partial charge in [0.15, 0.2) is 8.32 Å². The maximum atomic E-state index is 10.2. The van der Waals surface area contributed by atoms with Gasteiger partial charge in [-0.1, -0.05) is 45.9 Å². The molecule has 0 aliphatic heterocycles. The summed E-state index contributed by atoms with van der Waals surface area (Å²) < 4.78 is 6.20. The van der Waals surface area contributed by atoms with Crippen molar-refractivity contribution in [3.05, 3.63) is 24.8 Å². The van der Waals surface area contributed by atoms with Crippen LogP contribution in [0.4, 0.5) is 0 Å². The van der Waals surface area contributed by atoms with Gasteiger partial charge in [0.25, 0.3) is 0 Å². The number of carbonyl (C=O) groups is 1. The van der Waals surface area contributed by atoms with Gasteiger partial charge in [0.1, 0.15) is 5.78 Å². The van der Waals surface area contributed by atoms with Gasteiger partial charge in [-0.05, 0) is 24.6 Å². The van der Waals surface area contributed by atoms with Gasteiger partial charge in [0.2, 0.25) is 0 Å². The molecule has 0 spiro atoms. The van der Waals surface area contributed by atoms with Crippen LogP contribution in [0.2, 0.25) is 18.1 Å². The second kappa shape index (κ2) is 10.2. The maximum Gasteiger partial charge on any atom is 0.192 e. The van der Waals surface area contributed by atoms with Crippen LogP contribution in [-0.4, -0.2) is 20.2 Å². The normalized spacial score (nSPS) is 15.9. The number of carbonyl (C=O) groups excluding carboxylic acids is 1. The van der Waals surface area contributed by atoms with Crippen LogP contribution in [-0.2, 0) is 9.22 Å². The molecule has 1 atom stereocenters. The Kier molecular flexibility index (Phi) is 9.80. The van der Waals surface area contributed by atoms with Crippen LogP contribution in [0.5, 0.6) is 0 Å². The fourth-order valence-electron chi connectivity index (χ4n) is 2.13. The van der Waals surface area contributed by atoms with Crippen LogP contribution in [0.15, 0.2) is 24.8 Å². The summed E-state index contributed by atoms with van der Waals surface area (Å²) in [4.78, 5) is 10.2. The Hall–Kier alpha value is -0.673. The minimum atomic E-state index is -1.39. The second-order valence-corrected chi connectivity index (χ2v) is 9.69. The van der Waals surface area contributed by atoms with E-state index in [1.54, 1.807) is 0 Å². The van der Waals surface area contributed by atoms with Crippen molar-refractivity contribution in [1.82, 2.24) is 0 Å². The number of ketones is 1. The summed E-state index contributed by atoms with van der Waals surface area (Å²) in [6, 6.07) is 3.68. The topological polar surface area (TPSA) is 26.3 Å². The van der Waals surface area contributed by atoms with Crippen LogP contribution in [0.3, 0.4) is 0 Å². The molecule has 0 aromatic carbocycles. The Morgan fingerprint density at radius 3 is 1.89 bits per heavy atom. The van der Waals surface area contributed by atoms with Gasteiger partial charge in [-0.2, -0.15) is 0 Å². The Morgan fingerprint density at radius 1 is 1.21 bits per heavy atom. The molecule has 3 heteroatoms. The van der Waals surface area contributed by atoms with E-state index in [0.717, 1.165) is 6.42 Å². The van der Waals surface area contributed by atoms with Crippen molar-refractivity contribution < 1.29 is 9.22 Å². The van der Waals surface area contributed by atoms with Gasteiger partial charge >= 0.3 is 0 Å². The minimum Gasteiger partial charge on any atom is -0.411 e. The highest BCUT2D eigenvalue weighted by molar-refractivity contribution is 6.73. The molecule has 110 valence electrons. The zero-order valence-electron chi connectivity index (χ0n) is 13.1. The van der Waals surface area contributed by atoms with Gasteiger partial charge in [-0.15, -0.1) is 6.58 Å². The number of allylic oxidation sites excluding steroid dienone is 2. The van der Waals surface area contributed by atoms with Crippen LogP contribution < -0.4 is 0 Å². The van der Waals surface area contributed by atoms with Crippen molar-refractivity contribution in [2.45, 2.75) is 71.2 Å². The van der Waals surface area contributed by atoms with E-state index >= 15 is 0 Å². The molecule has 1 aliphatic rings. The van der Waals surface area contributed by atoms with E-state index in [-0.39, 0.29) is 6.10 Å². The third-order valence-corrected chi connectivity index (χ3v) is 8.53. The van der Waals surface area contributed by atoms with E-state index in [9.17, 15) is 4.79 Å². The first-order valence-corrected chi connectivity index (χ1v) is 10.1. The summed E-state index contributed by atoms with van der Waals surface area (Å²) in [6.07, 6.45) is 8.43. The van der Waals surface area contributed by atoms with Gasteiger partial charge in [0.05, 0.1) is 6.10 Å². The smallest absolute Gasteiger partial charge is 0.192 e. The molecule has 0 aromatic heterocycles. The molecule has 0 fully saturated rings. The lowest BCUT2D eigenvalue weighted by Gasteiger charge is -2.31. The molecule has 0 radical (unpaired) electrons. The molecule has 0 bridgehead atoms. The Bertz CT molecular complexity index is 275. The van der Waals surface area contributed by atoms with Gasteiger partial charge in [-0.25, -0.2) is 0 Å². The number of Topliss-reactive ketones (excluding diaryl/α,β-unsaturated/α-hetero) is 1. The van der Waals surface area contributed by atoms with Crippen LogP contribution in [0, 0.1) is 0 Å². The SMILES string of the molecule is C=CC(CC)O[Si](CC)(CC)CC.O=C1CC=CC1. The first-order valence-electron chi connectivity index (χ1n) is 7.54. The minimum absolute atomic E-state index is 0.284. The van der Waals surface area contributed by atoms with E-state index in [0.29, 0.717) is 18.6 Å². The fourth-order valence-corrected chi connectivity index (χ4v) is 5.04. The summed E-state index contributed by atoms with van der Waals surface area (Å²) in [7, 11) is -1.39. The van der Waals surface area contributed by atoms with Crippen molar-refractivity contribution >= 4 is 14.1 Å². The third-order valence-electron chi connectivity index (χ3n) is 3.86. The molecule has 0 saturated carbocycles. The Morgan fingerprint density at radius 2 is 1.68 bits per heavy atom. The highest BCUT2D eigenvalue weighted by atomic mass is 28.4. The van der Waals surface area contributed by atoms with Crippen LogP contribution in [0.25, 0.3) is 0 Å². The van der Waals surface area contributed by atoms with Crippen molar-refractivity contribution in [1.29, 1.82) is 0 Å². The third kappa shape index (κ3) is 6.88. The Labute approximate surface area is 120 Å². The second-order valence-electron chi connectivity index (χ2n) is 4.96. The highest BCUT2D eigenvalue weighted by Gasteiger charge is 2.30. The molecule has 19 heavy (non-hydrogen) atoms. The summed E-state index contributed by atoms with van der Waals surface area (Å²) in [5.74, 6) is 0.343. The largest absolute Gasteiger partial charge is 0.411 e. The van der Waals surface area contributed by atoms with Crippen molar-refractivity contribution in [2.24, 2.45) is 0 Å². The van der Waals surface area contributed by atoms with Crippen molar-refractivity contribution in [2.75, 3.05) is 0 Å². The standard InChI is InChI=1S/C11H24OSi.C5H6O/c1-6-11(7-2)12-13(8-3,9-4)10-5;6-5-3-1-2-4-5/h6,11H,1,7-10H2,2-5H3;1-2H,3-4H2. The average molecular weight is 282 g/mol. The molecule has 0 amide bonds. The van der Waals surface area contributed by atoms with Gasteiger partial charge in [-0.3, -0.25) is 4.79 Å². The monoisotopic (exact) mass is 282 g/mol. The summed E-state index contributed by atoms with van der Waals surface area (Å²) in [6.45, 7) is 12.8. The van der Waals surface area contributed by atoms with E-state index in [4.69, 9.17) is 4.43 Å². The van der Waals surface area contributed by atoms with Crippen LogP contribution in [0.1, 0.15) is 47.0 Å². The van der Waals surface area contributed by atoms with E-state index in [1.807, 2.05) is 18.2 Å². The van der Waals surface area contributed by atoms with Crippen LogP contribution >= 0.6 is 0 Å². The van der Waals surface area contributed by atoms with Crippen molar-refractivity contribution in [3.8, 4) is 0 Å². The average Bonchev–Trinajstić information content (AvgIpc) is 2.93. The van der Waals surface area contributed by atoms with E-state index in [1.165, 1.54) is 18.1 Å². The lowest BCUT2D eigenvalue weighted by atomic mass is 10.3. The predicted octanol–water partition coefficient (Wildman–Crippen LogP) is 4.88. The lowest BCUT2D eigenvalue weighted by molar-refractivity contribution is -0.116. The Balaban J connectivity index is 0.000000443. The van der Waals surface area contributed by atoms with Crippen molar-refractivity contribution in [3.63, 3.8) is 0 Å². The molecule has 0 aromatic rings. The fraction of sp³-hybridized carbons (Fsp3) is 0.688. The molecule has 0 N–H and O–H groups in total. The van der Waals surface area contributed by atoms with Gasteiger partial charge < -0.3 is 4.43 Å². The van der Waals surface area contributed by atoms with E-state index < -0.39 is 8.32 Å². The molecule has 1 rings (SSSR count). The number of rotatable bonds is 7. The summed E-state index contributed by atoms with van der Waals surface area (Å²) in [5, 5.41) is 0. The quantitative estimate of drug-likeness (QED) is 0.491. The molecule has 0 saturated heterocycles. The summed E-state index contributed by atoms with van der Waals surface area (Å²) in [5.41, 5.74) is 0. The molecular weight excluding hydrogens is 252 g/mol. The van der Waals surface area contributed by atoms with E-state index in [2.05, 4.69) is 34.3 Å². The molecule has 1 aliphatic carbocycles. The van der Waals surface area contributed by atoms with Gasteiger partial charge in [0, 0.05) is 12.8 Å². The first-order chi connectivity index (χ1) is 9.07. The molecule has 2 nitrogen and oxygen atoms in total. The predicted molar refractivity (Wildman–Crippen MR) is 85.9 cm³/mol. The highest BCUT2D eigenvalue weighted by Crippen LogP contribution is 2.24. The molecular formula is C16H30O2Si. The maximum absolute atomic E-state index is 10.2. The first kappa shape index (κ1) is 18.3. The number of hydrogen-bond acceptors (Lipinski definition) is 2. The molecule has 1 unspecified atom stereocenters. The zero-order chi connectivity index (χ0) is 14.7. The lowest BCUT2D eigenvalue weighted by Crippen LogP contribution is -2.39. The molecule has 0 heterocycles. The zero-order valence-corrected chi connectivity index (χ0v) is 14.1. The summed E-state index contributed by atoms with van der Waals surface area (Å²) >= 11 is 0. The number of hydrogen-bond donors (Lipinski definition) is 0.